The molecule has 6 heterocycles. The first kappa shape index (κ1) is 73.1. The number of aromatic nitrogens is 4. The fraction of sp³-hybridized carbons (Fsp3) is 0.484. The number of aliphatic imine (C=N–C) groups is 1. The van der Waals surface area contributed by atoms with E-state index in [0.717, 1.165) is 5.69 Å². The molecule has 1 saturated heterocycles. The van der Waals surface area contributed by atoms with E-state index in [2.05, 4.69) is 59.1 Å². The van der Waals surface area contributed by atoms with Crippen LogP contribution < -0.4 is 48.7 Å². The number of aliphatic hydroxyl groups excluding tert-OH is 2. The molecule has 1 unspecified atom stereocenters. The summed E-state index contributed by atoms with van der Waals surface area (Å²) in [6.45, 7) is 9.46. The molecule has 502 valence electrons. The normalized spacial score (nSPS) is 20.5. The summed E-state index contributed by atoms with van der Waals surface area (Å²) in [5.74, 6) is -9.52. The predicted molar refractivity (Wildman–Crippen MR) is 339 cm³/mol. The number of guanidine groups is 1. The first-order valence-corrected chi connectivity index (χ1v) is 30.8. The minimum absolute atomic E-state index is 0. The minimum Gasteiger partial charge on any atom is -0.481 e. The van der Waals surface area contributed by atoms with E-state index in [1.807, 2.05) is 32.9 Å². The second-order valence-electron chi connectivity index (χ2n) is 23.5. The number of aliphatic hydroxyl groups is 2. The zero-order valence-corrected chi connectivity index (χ0v) is 54.6. The molecule has 7 amide bonds. The molecule has 3 aliphatic heterocycles. The Kier molecular flexibility index (Phi) is 26.4. The van der Waals surface area contributed by atoms with Crippen molar-refractivity contribution in [3.63, 3.8) is 0 Å². The van der Waals surface area contributed by atoms with E-state index in [-0.39, 0.29) is 131 Å². The first-order chi connectivity index (χ1) is 43.8. The number of aliphatic carboxylic acids is 1. The molecule has 9 atom stereocenters. The third kappa shape index (κ3) is 18.9. The van der Waals surface area contributed by atoms with Gasteiger partial charge in [-0.15, -0.1) is 0 Å². The Morgan fingerprint density at radius 3 is 2.00 bits per heavy atom. The number of aryl methyl sites for hydroxylation is 2. The van der Waals surface area contributed by atoms with Gasteiger partial charge in [-0.05, 0) is 94.2 Å². The van der Waals surface area contributed by atoms with Crippen LogP contribution in [0.1, 0.15) is 168 Å². The number of amides is 7. The number of carbonyl (C=O) groups excluding carboxylic acids is 9. The van der Waals surface area contributed by atoms with Crippen LogP contribution in [0.25, 0.3) is 22.1 Å². The molecular weight excluding hydrogens is 1300 g/mol. The summed E-state index contributed by atoms with van der Waals surface area (Å²) in [7, 11) is 1.22. The average Bonchev–Trinajstić information content (AvgIpc) is 1.61. The van der Waals surface area contributed by atoms with Gasteiger partial charge in [0.25, 0.3) is 5.91 Å². The number of benzene rings is 1. The number of rotatable bonds is 23. The number of carbonyl (C=O) groups is 10. The van der Waals surface area contributed by atoms with Crippen molar-refractivity contribution in [2.45, 2.75) is 160 Å². The molecule has 28 nitrogen and oxygen atoms in total. The molecule has 7 rings (SSSR count). The SMILES string of the molecule is CC[C@H]1c2cc3[nH]c(c(CC(=O)OC)c4nc(cc5[nH]c(cc(n2)[C@@H]1C)c(C(C)=O)c5C)[C@@H](C)[C@@H]4CC(=O)NCCCC[C@@H]1NC(=O)[C@@H](Cc2ccccc2)NC(=O)[C@H](CC(=O)O)NC(=O)CNC(=O)[C@H](CCCN=C(N)N)NC1=O)c(C(=O)NCC(O)CO)c3C.[Pd+2]. The summed E-state index contributed by atoms with van der Waals surface area (Å²) in [6.07, 6.45) is -1.76. The van der Waals surface area contributed by atoms with Gasteiger partial charge >= 0.3 is 32.4 Å². The number of ether oxygens (including phenoxy) is 1. The Labute approximate surface area is 550 Å². The van der Waals surface area contributed by atoms with E-state index in [1.54, 1.807) is 43.3 Å². The molecule has 16 N–H and O–H groups in total. The molecular formula is C64H84N14O14Pd+2. The molecule has 1 fully saturated rings. The number of esters is 1. The van der Waals surface area contributed by atoms with Crippen molar-refractivity contribution in [1.82, 2.24) is 57.2 Å². The summed E-state index contributed by atoms with van der Waals surface area (Å²) in [4.78, 5) is 159. The molecule has 93 heavy (non-hydrogen) atoms. The number of unbranched alkanes of at least 4 members (excludes halogenated alkanes) is 1. The number of H-pyrrole nitrogens is 2. The fourth-order valence-corrected chi connectivity index (χ4v) is 11.9. The number of ketones is 1. The summed E-state index contributed by atoms with van der Waals surface area (Å²) in [5, 5.41) is 48.1. The zero-order valence-electron chi connectivity index (χ0n) is 53.1. The summed E-state index contributed by atoms with van der Waals surface area (Å²) < 4.78 is 5.26. The van der Waals surface area contributed by atoms with Gasteiger partial charge in [-0.25, -0.2) is 0 Å². The Balaban J connectivity index is 0.0000137. The Morgan fingerprint density at radius 1 is 0.742 bits per heavy atom. The molecule has 0 radical (unpaired) electrons. The van der Waals surface area contributed by atoms with Crippen LogP contribution >= 0.6 is 0 Å². The molecule has 0 spiro atoms. The topological polar surface area (TPSA) is 447 Å². The molecule has 0 aliphatic carbocycles. The summed E-state index contributed by atoms with van der Waals surface area (Å²) in [6, 6.07) is 8.32. The van der Waals surface area contributed by atoms with Gasteiger partial charge in [0.1, 0.15) is 24.2 Å². The predicted octanol–water partition coefficient (Wildman–Crippen LogP) is 1.63. The van der Waals surface area contributed by atoms with E-state index < -0.39 is 121 Å². The van der Waals surface area contributed by atoms with Gasteiger partial charge in [0.15, 0.2) is 11.7 Å². The van der Waals surface area contributed by atoms with Crippen LogP contribution in [0, 0.1) is 13.8 Å². The van der Waals surface area contributed by atoms with Gasteiger partial charge < -0.3 is 78.7 Å². The number of nitrogens with one attached hydrogen (secondary N) is 9. The van der Waals surface area contributed by atoms with Crippen molar-refractivity contribution in [1.29, 1.82) is 0 Å². The second-order valence-corrected chi connectivity index (χ2v) is 23.5. The van der Waals surface area contributed by atoms with Crippen LogP contribution in [0.2, 0.25) is 0 Å². The van der Waals surface area contributed by atoms with Crippen molar-refractivity contribution >= 4 is 87.1 Å². The van der Waals surface area contributed by atoms with E-state index in [1.165, 1.54) is 14.0 Å². The number of carboxylic acids is 1. The van der Waals surface area contributed by atoms with Crippen LogP contribution in [0.5, 0.6) is 0 Å². The number of Topliss-reactive ketones (excluding diaryl/α,β-unsaturated/α-hetero) is 1. The number of carboxylic acid groups (broad SMARTS) is 1. The van der Waals surface area contributed by atoms with Crippen LogP contribution in [0.3, 0.4) is 0 Å². The maximum atomic E-state index is 14.5. The van der Waals surface area contributed by atoms with E-state index in [0.29, 0.717) is 56.6 Å². The van der Waals surface area contributed by atoms with Gasteiger partial charge in [0, 0.05) is 95.4 Å². The second kappa shape index (κ2) is 33.6. The van der Waals surface area contributed by atoms with Crippen LogP contribution in [0.4, 0.5) is 0 Å². The van der Waals surface area contributed by atoms with E-state index in [4.69, 9.17) is 26.2 Å². The van der Waals surface area contributed by atoms with Gasteiger partial charge in [0.2, 0.25) is 35.4 Å². The number of hydrogen-bond donors (Lipinski definition) is 14. The smallest absolute Gasteiger partial charge is 0.481 e. The van der Waals surface area contributed by atoms with Crippen LogP contribution in [0.15, 0.2) is 53.5 Å². The van der Waals surface area contributed by atoms with Crippen molar-refractivity contribution < 1.29 is 88.4 Å². The molecule has 4 aromatic rings. The zero-order chi connectivity index (χ0) is 67.1. The van der Waals surface area contributed by atoms with Crippen molar-refractivity contribution in [2.24, 2.45) is 16.5 Å². The molecule has 8 bridgehead atoms. The van der Waals surface area contributed by atoms with Crippen LogP contribution in [-0.2, 0) is 76.4 Å². The maximum Gasteiger partial charge on any atom is 2.00 e. The molecule has 1 aromatic carbocycles. The van der Waals surface area contributed by atoms with Gasteiger partial charge in [-0.2, -0.15) is 0 Å². The number of hydrogen-bond acceptors (Lipinski definition) is 16. The minimum atomic E-state index is -1.68. The average molecular weight is 1380 g/mol. The Hall–Kier alpha value is -8.91. The number of methoxy groups -OCH3 is 1. The number of aromatic amines is 2. The number of nitrogens with two attached hydrogens (primary N) is 2. The Bertz CT molecular complexity index is 3660. The molecule has 29 heteroatoms. The van der Waals surface area contributed by atoms with Crippen LogP contribution in [-0.4, -0.2) is 170 Å². The van der Waals surface area contributed by atoms with Crippen molar-refractivity contribution in [3.05, 3.63) is 105 Å². The monoisotopic (exact) mass is 1380 g/mol. The third-order valence-electron chi connectivity index (χ3n) is 17.0. The van der Waals surface area contributed by atoms with Crippen molar-refractivity contribution in [2.75, 3.05) is 39.9 Å². The molecule has 0 saturated carbocycles. The van der Waals surface area contributed by atoms with Crippen molar-refractivity contribution in [3.8, 4) is 0 Å². The van der Waals surface area contributed by atoms with E-state index >= 15 is 0 Å². The summed E-state index contributed by atoms with van der Waals surface area (Å²) >= 11 is 0. The molecule has 3 aromatic heterocycles. The Morgan fingerprint density at radius 2 is 1.34 bits per heavy atom. The summed E-state index contributed by atoms with van der Waals surface area (Å²) in [5.41, 5.74) is 17.5. The quantitative estimate of drug-likeness (QED) is 0.0125. The largest absolute Gasteiger partial charge is 2.00 e. The standard InChI is InChI=1S/C64H84N14O14.Pd/c1-8-38-31(2)43-26-48-55(35(6)80)33(4)45(72-48)24-44-32(3)39(57(74-44)40(23-54(86)92-7)58-56(63(91)69-28-37(81)30-79)34(5)46(75-58)25-47(38)71-43)22-51(82)67-19-13-12-17-42-60(88)76-41(18-14-20-68-64(65)66)59(87)70-29-52(83)73-50(27-53(84)85)62(90)78-49(61(89)77-42)21-36-15-10-9-11-16-36;/h9-11,15-16,24-26,31-32,37-39,41-42,49-50,72,75,79,81H,8,12-14,17-23,27-30H2,1-7H3,(H,67,82)(H,69,91)(H,70,87)(H,73,83)(H,76,88)(H,77,89)(H,78,90)(H,84,85)(H4,65,66,68);/q;+2/t31-,32+,37?,38-,39+,41+,42+,49-,50+;/m1./s1. The fourth-order valence-electron chi connectivity index (χ4n) is 11.9. The van der Waals surface area contributed by atoms with Gasteiger partial charge in [0.05, 0.1) is 61.5 Å². The number of fused-ring (bicyclic) bond motifs is 8. The maximum absolute atomic E-state index is 14.5. The molecule has 3 aliphatic rings. The number of nitrogens with zero attached hydrogens (tertiary/aromatic N) is 3. The third-order valence-corrected chi connectivity index (χ3v) is 17.0. The first-order valence-electron chi connectivity index (χ1n) is 30.8. The van der Waals surface area contributed by atoms with Gasteiger partial charge in [-0.3, -0.25) is 62.9 Å². The van der Waals surface area contributed by atoms with Gasteiger partial charge in [-0.1, -0.05) is 51.1 Å². The van der Waals surface area contributed by atoms with E-state index in [9.17, 15) is 63.3 Å².